The average Bonchev–Trinajstić information content (AvgIpc) is 3.14. The average molecular weight is 374 g/mol. The largest absolute Gasteiger partial charge is 0.497 e. The number of methoxy groups -OCH3 is 1. The summed E-state index contributed by atoms with van der Waals surface area (Å²) < 4.78 is 7.33. The third kappa shape index (κ3) is 3.07. The molecule has 3 aromatic rings. The molecule has 0 N–H and O–H groups in total. The summed E-state index contributed by atoms with van der Waals surface area (Å²) in [5.74, 6) is 0.736. The lowest BCUT2D eigenvalue weighted by Crippen LogP contribution is -2.39. The molecular formula is C22H22N4O2. The summed E-state index contributed by atoms with van der Waals surface area (Å²) in [6, 6.07) is 11.9. The lowest BCUT2D eigenvalue weighted by atomic mass is 9.98. The molecule has 1 amide bonds. The van der Waals surface area contributed by atoms with Crippen LogP contribution in [0.15, 0.2) is 61.4 Å². The molecule has 6 nitrogen and oxygen atoms in total. The van der Waals surface area contributed by atoms with Gasteiger partial charge in [0.05, 0.1) is 25.4 Å². The molecule has 3 heterocycles. The third-order valence-corrected chi connectivity index (χ3v) is 5.07. The molecule has 0 bridgehead atoms. The number of carbonyl (C=O) groups excluding carboxylic acids is 1. The fourth-order valence-corrected chi connectivity index (χ4v) is 3.70. The number of amides is 1. The number of ether oxygens (including phenoxy) is 1. The van der Waals surface area contributed by atoms with Crippen molar-refractivity contribution in [2.24, 2.45) is 0 Å². The number of rotatable bonds is 4. The van der Waals surface area contributed by atoms with E-state index >= 15 is 0 Å². The third-order valence-electron chi connectivity index (χ3n) is 5.07. The van der Waals surface area contributed by atoms with Gasteiger partial charge < -0.3 is 9.64 Å². The Morgan fingerprint density at radius 2 is 1.89 bits per heavy atom. The van der Waals surface area contributed by atoms with Crippen LogP contribution in [0.1, 0.15) is 18.7 Å². The molecule has 1 unspecified atom stereocenters. The van der Waals surface area contributed by atoms with Crippen LogP contribution in [0.3, 0.4) is 0 Å². The predicted octanol–water partition coefficient (Wildman–Crippen LogP) is 3.71. The zero-order valence-electron chi connectivity index (χ0n) is 16.0. The van der Waals surface area contributed by atoms with Crippen molar-refractivity contribution in [2.75, 3.05) is 13.7 Å². The second-order valence-corrected chi connectivity index (χ2v) is 6.85. The van der Waals surface area contributed by atoms with Crippen molar-refractivity contribution in [3.05, 3.63) is 67.1 Å². The topological polar surface area (TPSA) is 60.3 Å². The molecule has 1 aliphatic rings. The molecule has 0 saturated carbocycles. The molecule has 0 radical (unpaired) electrons. The van der Waals surface area contributed by atoms with Crippen LogP contribution in [0.4, 0.5) is 0 Å². The number of aromatic nitrogens is 3. The Balaban J connectivity index is 1.90. The van der Waals surface area contributed by atoms with Crippen LogP contribution in [0.2, 0.25) is 0 Å². The van der Waals surface area contributed by atoms with Gasteiger partial charge in [-0.3, -0.25) is 14.5 Å². The quantitative estimate of drug-likeness (QED) is 0.653. The maximum absolute atomic E-state index is 12.3. The zero-order chi connectivity index (χ0) is 19.7. The van der Waals surface area contributed by atoms with Crippen molar-refractivity contribution in [3.8, 4) is 28.1 Å². The standard InChI is InChI=1S/C22H22N4O2/c1-4-20(27)25-13-15(2)26-19(14-25)21(16-9-11-23-12-10-16)22(24-26)17-5-7-18(28-3)8-6-17/h4-12,15H,1,13-14H2,2-3H3. The van der Waals surface area contributed by atoms with Gasteiger partial charge in [0, 0.05) is 30.1 Å². The van der Waals surface area contributed by atoms with Crippen LogP contribution in [0.25, 0.3) is 22.4 Å². The minimum atomic E-state index is -0.0639. The van der Waals surface area contributed by atoms with Crippen LogP contribution in [0.5, 0.6) is 5.75 Å². The Morgan fingerprint density at radius 1 is 1.18 bits per heavy atom. The highest BCUT2D eigenvalue weighted by atomic mass is 16.5. The van der Waals surface area contributed by atoms with E-state index in [-0.39, 0.29) is 11.9 Å². The lowest BCUT2D eigenvalue weighted by molar-refractivity contribution is -0.127. The Labute approximate surface area is 164 Å². The molecule has 6 heteroatoms. The van der Waals surface area contributed by atoms with Gasteiger partial charge in [-0.25, -0.2) is 0 Å². The van der Waals surface area contributed by atoms with Crippen molar-refractivity contribution in [1.82, 2.24) is 19.7 Å². The van der Waals surface area contributed by atoms with Gasteiger partial charge in [0.25, 0.3) is 0 Å². The Hall–Kier alpha value is -3.41. The van der Waals surface area contributed by atoms with Crippen molar-refractivity contribution >= 4 is 5.91 Å². The van der Waals surface area contributed by atoms with Gasteiger partial charge in [-0.05, 0) is 55.0 Å². The Kier molecular flexibility index (Phi) is 4.69. The highest BCUT2D eigenvalue weighted by Crippen LogP contribution is 2.38. The first-order valence-electron chi connectivity index (χ1n) is 9.20. The molecule has 0 fully saturated rings. The number of pyridine rings is 1. The van der Waals surface area contributed by atoms with Crippen LogP contribution < -0.4 is 4.74 Å². The van der Waals surface area contributed by atoms with Gasteiger partial charge in [-0.1, -0.05) is 6.58 Å². The molecular weight excluding hydrogens is 352 g/mol. The maximum Gasteiger partial charge on any atom is 0.246 e. The van der Waals surface area contributed by atoms with Gasteiger partial charge in [0.2, 0.25) is 5.91 Å². The lowest BCUT2D eigenvalue weighted by Gasteiger charge is -2.32. The van der Waals surface area contributed by atoms with E-state index < -0.39 is 0 Å². The number of nitrogens with zero attached hydrogens (tertiary/aromatic N) is 4. The van der Waals surface area contributed by atoms with Crippen molar-refractivity contribution in [1.29, 1.82) is 0 Å². The highest BCUT2D eigenvalue weighted by Gasteiger charge is 2.30. The van der Waals surface area contributed by atoms with Gasteiger partial charge in [-0.15, -0.1) is 0 Å². The van der Waals surface area contributed by atoms with E-state index in [1.54, 1.807) is 19.5 Å². The fourth-order valence-electron chi connectivity index (χ4n) is 3.70. The minimum Gasteiger partial charge on any atom is -0.497 e. The summed E-state index contributed by atoms with van der Waals surface area (Å²) in [6.45, 7) is 6.81. The molecule has 2 aromatic heterocycles. The fraction of sp³-hybridized carbons (Fsp3) is 0.227. The van der Waals surface area contributed by atoms with Crippen LogP contribution in [0, 0.1) is 0 Å². The number of fused-ring (bicyclic) bond motifs is 1. The van der Waals surface area contributed by atoms with Crippen LogP contribution in [-0.4, -0.2) is 39.2 Å². The molecule has 0 spiro atoms. The van der Waals surface area contributed by atoms with Gasteiger partial charge >= 0.3 is 0 Å². The Bertz CT molecular complexity index is 1010. The van der Waals surface area contributed by atoms with E-state index in [0.717, 1.165) is 33.8 Å². The highest BCUT2D eigenvalue weighted by molar-refractivity contribution is 5.88. The summed E-state index contributed by atoms with van der Waals surface area (Å²) in [5.41, 5.74) is 4.97. The summed E-state index contributed by atoms with van der Waals surface area (Å²) >= 11 is 0. The normalized spacial score (nSPS) is 15.8. The van der Waals surface area contributed by atoms with Crippen molar-refractivity contribution < 1.29 is 9.53 Å². The van der Waals surface area contributed by atoms with Crippen molar-refractivity contribution in [2.45, 2.75) is 19.5 Å². The number of carbonyl (C=O) groups is 1. The summed E-state index contributed by atoms with van der Waals surface area (Å²) in [5, 5.41) is 4.95. The number of hydrogen-bond donors (Lipinski definition) is 0. The zero-order valence-corrected chi connectivity index (χ0v) is 16.0. The first-order valence-corrected chi connectivity index (χ1v) is 9.20. The molecule has 1 aliphatic heterocycles. The summed E-state index contributed by atoms with van der Waals surface area (Å²) in [6.07, 6.45) is 4.92. The maximum atomic E-state index is 12.3. The first-order chi connectivity index (χ1) is 13.6. The summed E-state index contributed by atoms with van der Waals surface area (Å²) in [7, 11) is 1.65. The smallest absolute Gasteiger partial charge is 0.246 e. The number of hydrogen-bond acceptors (Lipinski definition) is 4. The van der Waals surface area contributed by atoms with E-state index in [4.69, 9.17) is 9.84 Å². The molecule has 142 valence electrons. The van der Waals surface area contributed by atoms with E-state index in [1.165, 1.54) is 6.08 Å². The molecule has 1 atom stereocenters. The SMILES string of the molecule is C=CC(=O)N1Cc2c(-c3ccncc3)c(-c3ccc(OC)cc3)nn2C(C)C1. The Morgan fingerprint density at radius 3 is 2.54 bits per heavy atom. The van der Waals surface area contributed by atoms with Gasteiger partial charge in [0.1, 0.15) is 11.4 Å². The van der Waals surface area contributed by atoms with Crippen LogP contribution >= 0.6 is 0 Å². The van der Waals surface area contributed by atoms with Crippen molar-refractivity contribution in [3.63, 3.8) is 0 Å². The first kappa shape index (κ1) is 18.0. The van der Waals surface area contributed by atoms with E-state index in [9.17, 15) is 4.79 Å². The van der Waals surface area contributed by atoms with E-state index in [1.807, 2.05) is 46.0 Å². The van der Waals surface area contributed by atoms with E-state index in [2.05, 4.69) is 18.5 Å². The molecule has 28 heavy (non-hydrogen) atoms. The van der Waals surface area contributed by atoms with Gasteiger partial charge in [0.15, 0.2) is 0 Å². The molecule has 0 saturated heterocycles. The summed E-state index contributed by atoms with van der Waals surface area (Å²) in [4.78, 5) is 18.2. The van der Waals surface area contributed by atoms with E-state index in [0.29, 0.717) is 13.1 Å². The molecule has 4 rings (SSSR count). The molecule has 1 aromatic carbocycles. The monoisotopic (exact) mass is 374 g/mol. The molecule has 0 aliphatic carbocycles. The minimum absolute atomic E-state index is 0.0639. The van der Waals surface area contributed by atoms with Gasteiger partial charge in [-0.2, -0.15) is 5.10 Å². The number of benzene rings is 1. The second kappa shape index (κ2) is 7.31. The second-order valence-electron chi connectivity index (χ2n) is 6.85. The predicted molar refractivity (Wildman–Crippen MR) is 108 cm³/mol. The van der Waals surface area contributed by atoms with Crippen LogP contribution in [-0.2, 0) is 11.3 Å².